The van der Waals surface area contributed by atoms with Gasteiger partial charge in [-0.3, -0.25) is 9.59 Å². The molecule has 8 nitrogen and oxygen atoms in total. The van der Waals surface area contributed by atoms with E-state index < -0.39 is 29.6 Å². The van der Waals surface area contributed by atoms with Crippen molar-refractivity contribution in [1.82, 2.24) is 10.2 Å². The third-order valence-electron chi connectivity index (χ3n) is 4.97. The van der Waals surface area contributed by atoms with Gasteiger partial charge in [0.05, 0.1) is 6.61 Å². The molecular formula is C26H35N3O5. The van der Waals surface area contributed by atoms with Crippen LogP contribution in [0.15, 0.2) is 42.5 Å². The van der Waals surface area contributed by atoms with Crippen molar-refractivity contribution in [2.24, 2.45) is 0 Å². The van der Waals surface area contributed by atoms with E-state index >= 15 is 0 Å². The number of para-hydroxylation sites is 1. The number of anilines is 1. The molecule has 3 N–H and O–H groups in total. The van der Waals surface area contributed by atoms with Gasteiger partial charge in [0.15, 0.2) is 0 Å². The maximum Gasteiger partial charge on any atom is 0.408 e. The van der Waals surface area contributed by atoms with Gasteiger partial charge in [0, 0.05) is 12.2 Å². The van der Waals surface area contributed by atoms with E-state index in [0.29, 0.717) is 11.3 Å². The van der Waals surface area contributed by atoms with Crippen LogP contribution >= 0.6 is 0 Å². The lowest BCUT2D eigenvalue weighted by Crippen LogP contribution is -2.47. The predicted molar refractivity (Wildman–Crippen MR) is 132 cm³/mol. The van der Waals surface area contributed by atoms with E-state index in [1.165, 1.54) is 4.90 Å². The average Bonchev–Trinajstić information content (AvgIpc) is 2.71. The van der Waals surface area contributed by atoms with Crippen LogP contribution in [0.3, 0.4) is 0 Å². The largest absolute Gasteiger partial charge is 0.444 e. The van der Waals surface area contributed by atoms with Gasteiger partial charge in [-0.05, 0) is 58.7 Å². The molecule has 0 aliphatic carbocycles. The molecule has 8 heteroatoms. The molecule has 1 unspecified atom stereocenters. The normalized spacial score (nSPS) is 12.0. The summed E-state index contributed by atoms with van der Waals surface area (Å²) in [5.41, 5.74) is 3.28. The number of hydrogen-bond acceptors (Lipinski definition) is 5. The first-order valence-corrected chi connectivity index (χ1v) is 11.2. The van der Waals surface area contributed by atoms with Crippen molar-refractivity contribution in [3.05, 3.63) is 64.7 Å². The van der Waals surface area contributed by atoms with Crippen molar-refractivity contribution in [3.63, 3.8) is 0 Å². The Labute approximate surface area is 201 Å². The quantitative estimate of drug-likeness (QED) is 0.547. The highest BCUT2D eigenvalue weighted by molar-refractivity contribution is 5.99. The van der Waals surface area contributed by atoms with Crippen molar-refractivity contribution in [3.8, 4) is 0 Å². The molecule has 2 aromatic carbocycles. The minimum absolute atomic E-state index is 0.0896. The molecule has 0 aliphatic rings. The summed E-state index contributed by atoms with van der Waals surface area (Å²) in [6.45, 7) is 10.0. The minimum Gasteiger partial charge on any atom is -0.444 e. The molecule has 0 aromatic heterocycles. The maximum absolute atomic E-state index is 13.5. The number of ether oxygens (including phenoxy) is 1. The van der Waals surface area contributed by atoms with E-state index in [1.54, 1.807) is 26.8 Å². The highest BCUT2D eigenvalue weighted by atomic mass is 16.6. The number of aliphatic hydroxyl groups is 1. The molecule has 2 rings (SSSR count). The van der Waals surface area contributed by atoms with E-state index in [2.05, 4.69) is 10.6 Å². The number of aryl methyl sites for hydroxylation is 3. The predicted octanol–water partition coefficient (Wildman–Crippen LogP) is 3.64. The molecule has 34 heavy (non-hydrogen) atoms. The van der Waals surface area contributed by atoms with Crippen molar-refractivity contribution < 1.29 is 24.2 Å². The van der Waals surface area contributed by atoms with Gasteiger partial charge in [-0.15, -0.1) is 0 Å². The topological polar surface area (TPSA) is 108 Å². The Morgan fingerprint density at radius 1 is 1.03 bits per heavy atom. The molecule has 0 bridgehead atoms. The minimum atomic E-state index is -1.02. The maximum atomic E-state index is 13.5. The second-order valence-corrected chi connectivity index (χ2v) is 9.29. The number of aliphatic hydroxyl groups excluding tert-OH is 1. The van der Waals surface area contributed by atoms with E-state index in [-0.39, 0.29) is 19.7 Å². The van der Waals surface area contributed by atoms with Gasteiger partial charge < -0.3 is 25.4 Å². The number of benzene rings is 2. The average molecular weight is 470 g/mol. The van der Waals surface area contributed by atoms with Gasteiger partial charge in [-0.25, -0.2) is 4.79 Å². The highest BCUT2D eigenvalue weighted by Crippen LogP contribution is 2.26. The van der Waals surface area contributed by atoms with Gasteiger partial charge >= 0.3 is 6.09 Å². The number of nitrogens with zero attached hydrogens (tertiary/aromatic N) is 1. The lowest BCUT2D eigenvalue weighted by Gasteiger charge is -2.31. The van der Waals surface area contributed by atoms with E-state index in [9.17, 15) is 19.5 Å². The summed E-state index contributed by atoms with van der Waals surface area (Å²) < 4.78 is 5.19. The van der Waals surface area contributed by atoms with Crippen LogP contribution in [0.1, 0.15) is 49.1 Å². The molecule has 0 saturated heterocycles. The summed E-state index contributed by atoms with van der Waals surface area (Å²) in [6, 6.07) is 12.0. The molecule has 0 radical (unpaired) electrons. The lowest BCUT2D eigenvalue weighted by molar-refractivity contribution is -0.138. The van der Waals surface area contributed by atoms with Crippen LogP contribution in [0.4, 0.5) is 10.5 Å². The first-order valence-electron chi connectivity index (χ1n) is 11.2. The number of hydrogen-bond donors (Lipinski definition) is 3. The summed E-state index contributed by atoms with van der Waals surface area (Å²) in [7, 11) is 0. The molecule has 184 valence electrons. The number of rotatable bonds is 8. The van der Waals surface area contributed by atoms with E-state index in [1.807, 2.05) is 57.2 Å². The van der Waals surface area contributed by atoms with Crippen molar-refractivity contribution in [1.29, 1.82) is 0 Å². The van der Waals surface area contributed by atoms with Gasteiger partial charge in [-0.1, -0.05) is 47.5 Å². The molecular weight excluding hydrogens is 434 g/mol. The zero-order valence-electron chi connectivity index (χ0n) is 20.8. The summed E-state index contributed by atoms with van der Waals surface area (Å²) in [5.74, 6) is -0.942. The molecule has 0 fully saturated rings. The third-order valence-corrected chi connectivity index (χ3v) is 4.97. The van der Waals surface area contributed by atoms with Crippen LogP contribution in [-0.2, 0) is 14.3 Å². The molecule has 0 spiro atoms. The molecule has 0 aliphatic heterocycles. The van der Waals surface area contributed by atoms with E-state index in [4.69, 9.17) is 4.74 Å². The first-order chi connectivity index (χ1) is 15.9. The van der Waals surface area contributed by atoms with Crippen LogP contribution in [-0.4, -0.2) is 53.2 Å². The Morgan fingerprint density at radius 3 is 2.21 bits per heavy atom. The number of alkyl carbamates (subject to hydrolysis) is 1. The zero-order chi connectivity index (χ0) is 25.5. The van der Waals surface area contributed by atoms with Crippen LogP contribution in [0.5, 0.6) is 0 Å². The first kappa shape index (κ1) is 26.9. The Morgan fingerprint density at radius 2 is 1.65 bits per heavy atom. The summed E-state index contributed by atoms with van der Waals surface area (Å²) in [4.78, 5) is 40.0. The molecule has 0 saturated carbocycles. The van der Waals surface area contributed by atoms with Crippen LogP contribution in [0.2, 0.25) is 0 Å². The Kier molecular flexibility index (Phi) is 9.20. The second kappa shape index (κ2) is 11.7. The van der Waals surface area contributed by atoms with Crippen LogP contribution in [0, 0.1) is 20.8 Å². The van der Waals surface area contributed by atoms with Gasteiger partial charge in [0.25, 0.3) is 5.91 Å². The van der Waals surface area contributed by atoms with Gasteiger partial charge in [-0.2, -0.15) is 0 Å². The summed E-state index contributed by atoms with van der Waals surface area (Å²) >= 11 is 0. The Bertz CT molecular complexity index is 1010. The van der Waals surface area contributed by atoms with Gasteiger partial charge in [0.2, 0.25) is 5.91 Å². The third kappa shape index (κ3) is 7.88. The van der Waals surface area contributed by atoms with Crippen molar-refractivity contribution in [2.45, 2.75) is 53.2 Å². The summed E-state index contributed by atoms with van der Waals surface area (Å²) in [6.07, 6.45) is -0.739. The van der Waals surface area contributed by atoms with Gasteiger partial charge in [0.1, 0.15) is 18.2 Å². The molecule has 3 amide bonds. The highest BCUT2D eigenvalue weighted by Gasteiger charge is 2.32. The molecule has 1 atom stereocenters. The molecule has 0 heterocycles. The SMILES string of the molecule is Cc1cc(C)cc(C(C(=O)Nc2ccccc2C)N(CCO)C(=O)CNC(=O)OC(C)(C)C)c1. The lowest BCUT2D eigenvalue weighted by atomic mass is 9.98. The fourth-order valence-corrected chi connectivity index (χ4v) is 3.62. The smallest absolute Gasteiger partial charge is 0.408 e. The number of carbonyl (C=O) groups is 3. The van der Waals surface area contributed by atoms with Crippen LogP contribution in [0.25, 0.3) is 0 Å². The second-order valence-electron chi connectivity index (χ2n) is 9.29. The Hall–Kier alpha value is -3.39. The van der Waals surface area contributed by atoms with Crippen molar-refractivity contribution in [2.75, 3.05) is 25.0 Å². The number of carbonyl (C=O) groups excluding carboxylic acids is 3. The van der Waals surface area contributed by atoms with Crippen LogP contribution < -0.4 is 10.6 Å². The monoisotopic (exact) mass is 469 g/mol. The van der Waals surface area contributed by atoms with E-state index in [0.717, 1.165) is 16.7 Å². The zero-order valence-corrected chi connectivity index (χ0v) is 20.8. The Balaban J connectivity index is 2.38. The molecule has 2 aromatic rings. The standard InChI is InChI=1S/C26H35N3O5/c1-17-13-18(2)15-20(14-17)23(24(32)28-21-10-8-7-9-19(21)3)29(11-12-30)22(31)16-27-25(33)34-26(4,5)6/h7-10,13-15,23,30H,11-12,16H2,1-6H3,(H,27,33)(H,28,32). The van der Waals surface area contributed by atoms with Crippen molar-refractivity contribution >= 4 is 23.6 Å². The summed E-state index contributed by atoms with van der Waals surface area (Å²) in [5, 5.41) is 15.0. The number of amides is 3. The number of nitrogens with one attached hydrogen (secondary N) is 2. The fourth-order valence-electron chi connectivity index (χ4n) is 3.62. The fraction of sp³-hybridized carbons (Fsp3) is 0.423.